The fourth-order valence-electron chi connectivity index (χ4n) is 2.56. The number of fused-ring (bicyclic) bond motifs is 1. The highest BCUT2D eigenvalue weighted by Gasteiger charge is 2.35. The fourth-order valence-corrected chi connectivity index (χ4v) is 2.56. The molecule has 2 aromatic rings. The van der Waals surface area contributed by atoms with Crippen LogP contribution in [0.4, 0.5) is 10.3 Å². The Labute approximate surface area is 133 Å². The summed E-state index contributed by atoms with van der Waals surface area (Å²) in [5.41, 5.74) is 7.12. The maximum absolute atomic E-state index is 13.6. The number of nitrogens with zero attached hydrogens (tertiary/aromatic N) is 2. The SMILES string of the molecule is CC(C)(C)c1nc2c(o1)NC(N)=C(C#N)C2c1cccc(F)c1. The van der Waals surface area contributed by atoms with Gasteiger partial charge in [-0.2, -0.15) is 5.26 Å². The number of nitrogens with two attached hydrogens (primary N) is 1. The molecule has 2 heterocycles. The third-order valence-corrected chi connectivity index (χ3v) is 3.70. The summed E-state index contributed by atoms with van der Waals surface area (Å²) in [5, 5.41) is 12.4. The van der Waals surface area contributed by atoms with E-state index < -0.39 is 5.92 Å². The molecule has 0 fully saturated rings. The van der Waals surface area contributed by atoms with E-state index in [1.54, 1.807) is 12.1 Å². The number of halogens is 1. The Hall–Kier alpha value is -2.81. The Morgan fingerprint density at radius 1 is 1.39 bits per heavy atom. The van der Waals surface area contributed by atoms with Gasteiger partial charge in [-0.1, -0.05) is 32.9 Å². The van der Waals surface area contributed by atoms with Crippen molar-refractivity contribution in [1.82, 2.24) is 4.98 Å². The van der Waals surface area contributed by atoms with E-state index in [0.717, 1.165) is 0 Å². The van der Waals surface area contributed by atoms with Crippen LogP contribution in [0.25, 0.3) is 0 Å². The monoisotopic (exact) mass is 312 g/mol. The van der Waals surface area contributed by atoms with Gasteiger partial charge in [0.1, 0.15) is 17.3 Å². The van der Waals surface area contributed by atoms with Crippen molar-refractivity contribution in [1.29, 1.82) is 5.26 Å². The normalized spacial score (nSPS) is 17.4. The lowest BCUT2D eigenvalue weighted by Crippen LogP contribution is -2.22. The molecule has 0 spiro atoms. The number of nitrogens with one attached hydrogen (secondary N) is 1. The molecule has 0 saturated carbocycles. The predicted octanol–water partition coefficient (Wildman–Crippen LogP) is 3.36. The molecular weight excluding hydrogens is 295 g/mol. The van der Waals surface area contributed by atoms with Gasteiger partial charge in [0.25, 0.3) is 0 Å². The third kappa shape index (κ3) is 2.55. The van der Waals surface area contributed by atoms with Gasteiger partial charge < -0.3 is 15.5 Å². The zero-order chi connectivity index (χ0) is 16.8. The second-order valence-electron chi connectivity index (χ2n) is 6.54. The summed E-state index contributed by atoms with van der Waals surface area (Å²) >= 11 is 0. The summed E-state index contributed by atoms with van der Waals surface area (Å²) in [6.45, 7) is 5.93. The van der Waals surface area contributed by atoms with E-state index in [2.05, 4.69) is 16.4 Å². The summed E-state index contributed by atoms with van der Waals surface area (Å²) < 4.78 is 19.4. The number of rotatable bonds is 1. The molecule has 0 amide bonds. The van der Waals surface area contributed by atoms with Crippen LogP contribution in [0.2, 0.25) is 0 Å². The van der Waals surface area contributed by atoms with Gasteiger partial charge in [0, 0.05) is 5.41 Å². The van der Waals surface area contributed by atoms with Gasteiger partial charge >= 0.3 is 0 Å². The Kier molecular flexibility index (Phi) is 3.37. The molecule has 3 rings (SSSR count). The lowest BCUT2D eigenvalue weighted by atomic mass is 9.87. The van der Waals surface area contributed by atoms with Crippen molar-refractivity contribution in [2.24, 2.45) is 5.73 Å². The standard InChI is InChI=1S/C17H17FN4O/c1-17(2,3)16-21-13-12(9-5-4-6-10(18)7-9)11(8-19)14(20)22-15(13)23-16/h4-7,12,22H,20H2,1-3H3. The van der Waals surface area contributed by atoms with Gasteiger partial charge in [0.05, 0.1) is 17.6 Å². The second kappa shape index (κ2) is 5.13. The summed E-state index contributed by atoms with van der Waals surface area (Å²) in [7, 11) is 0. The van der Waals surface area contributed by atoms with E-state index in [0.29, 0.717) is 28.6 Å². The fraction of sp³-hybridized carbons (Fsp3) is 0.294. The van der Waals surface area contributed by atoms with Gasteiger partial charge in [0.15, 0.2) is 0 Å². The van der Waals surface area contributed by atoms with Gasteiger partial charge in [-0.3, -0.25) is 0 Å². The van der Waals surface area contributed by atoms with Crippen LogP contribution in [0.1, 0.15) is 43.8 Å². The van der Waals surface area contributed by atoms with Crippen LogP contribution in [0.15, 0.2) is 40.1 Å². The van der Waals surface area contributed by atoms with Crippen LogP contribution in [-0.2, 0) is 5.41 Å². The number of benzene rings is 1. The van der Waals surface area contributed by atoms with Crippen LogP contribution in [0.5, 0.6) is 0 Å². The Morgan fingerprint density at radius 3 is 2.74 bits per heavy atom. The van der Waals surface area contributed by atoms with E-state index in [4.69, 9.17) is 10.2 Å². The molecule has 3 N–H and O–H groups in total. The maximum atomic E-state index is 13.6. The number of oxazole rings is 1. The first-order valence-corrected chi connectivity index (χ1v) is 7.24. The molecule has 1 aliphatic rings. The highest BCUT2D eigenvalue weighted by Crippen LogP contribution is 2.42. The van der Waals surface area contributed by atoms with Crippen molar-refractivity contribution in [3.8, 4) is 6.07 Å². The molecule has 0 radical (unpaired) electrons. The molecule has 1 aliphatic heterocycles. The highest BCUT2D eigenvalue weighted by molar-refractivity contribution is 5.61. The molecule has 1 aromatic carbocycles. The van der Waals surface area contributed by atoms with Crippen molar-refractivity contribution in [3.05, 3.63) is 58.6 Å². The number of nitriles is 1. The van der Waals surface area contributed by atoms with Crippen LogP contribution < -0.4 is 11.1 Å². The van der Waals surface area contributed by atoms with Crippen LogP contribution in [0.3, 0.4) is 0 Å². The second-order valence-corrected chi connectivity index (χ2v) is 6.54. The molecule has 1 unspecified atom stereocenters. The first kappa shape index (κ1) is 15.1. The molecule has 0 saturated heterocycles. The first-order valence-electron chi connectivity index (χ1n) is 7.24. The molecular formula is C17H17FN4O. The molecule has 0 aliphatic carbocycles. The summed E-state index contributed by atoms with van der Waals surface area (Å²) in [5.74, 6) is 0.208. The Balaban J connectivity index is 2.21. The van der Waals surface area contributed by atoms with Crippen molar-refractivity contribution in [2.75, 3.05) is 5.32 Å². The number of hydrogen-bond donors (Lipinski definition) is 2. The highest BCUT2D eigenvalue weighted by atomic mass is 19.1. The average molecular weight is 312 g/mol. The summed E-state index contributed by atoms with van der Waals surface area (Å²) in [6.07, 6.45) is 0. The van der Waals surface area contributed by atoms with Crippen molar-refractivity contribution in [2.45, 2.75) is 32.1 Å². The lowest BCUT2D eigenvalue weighted by Gasteiger charge is -2.22. The Morgan fingerprint density at radius 2 is 2.13 bits per heavy atom. The minimum absolute atomic E-state index is 0.200. The molecule has 0 bridgehead atoms. The molecule has 1 atom stereocenters. The van der Waals surface area contributed by atoms with E-state index >= 15 is 0 Å². The van der Waals surface area contributed by atoms with E-state index in [1.807, 2.05) is 20.8 Å². The first-order chi connectivity index (χ1) is 10.8. The molecule has 23 heavy (non-hydrogen) atoms. The predicted molar refractivity (Wildman–Crippen MR) is 83.9 cm³/mol. The number of hydrogen-bond acceptors (Lipinski definition) is 5. The number of anilines is 1. The van der Waals surface area contributed by atoms with Gasteiger partial charge in [-0.15, -0.1) is 0 Å². The molecule has 6 heteroatoms. The minimum atomic E-state index is -0.549. The van der Waals surface area contributed by atoms with Crippen molar-refractivity contribution < 1.29 is 8.81 Å². The van der Waals surface area contributed by atoms with Gasteiger partial charge in [0.2, 0.25) is 11.8 Å². The zero-order valence-corrected chi connectivity index (χ0v) is 13.1. The average Bonchev–Trinajstić information content (AvgIpc) is 2.89. The minimum Gasteiger partial charge on any atom is -0.424 e. The number of allylic oxidation sites excluding steroid dienone is 1. The van der Waals surface area contributed by atoms with Gasteiger partial charge in [-0.25, -0.2) is 9.37 Å². The molecule has 1 aromatic heterocycles. The summed E-state index contributed by atoms with van der Waals surface area (Å²) in [6, 6.07) is 8.19. The quantitative estimate of drug-likeness (QED) is 0.843. The smallest absolute Gasteiger partial charge is 0.223 e. The van der Waals surface area contributed by atoms with E-state index in [-0.39, 0.29) is 17.1 Å². The summed E-state index contributed by atoms with van der Waals surface area (Å²) in [4.78, 5) is 4.55. The maximum Gasteiger partial charge on any atom is 0.223 e. The largest absolute Gasteiger partial charge is 0.424 e. The lowest BCUT2D eigenvalue weighted by molar-refractivity contribution is 0.400. The third-order valence-electron chi connectivity index (χ3n) is 3.70. The Bertz CT molecular complexity index is 839. The molecule has 118 valence electrons. The van der Waals surface area contributed by atoms with E-state index in [1.165, 1.54) is 12.1 Å². The van der Waals surface area contributed by atoms with E-state index in [9.17, 15) is 9.65 Å². The van der Waals surface area contributed by atoms with Crippen LogP contribution >= 0.6 is 0 Å². The number of aromatic nitrogens is 1. The van der Waals surface area contributed by atoms with Crippen molar-refractivity contribution >= 4 is 5.88 Å². The van der Waals surface area contributed by atoms with Gasteiger partial charge in [-0.05, 0) is 17.7 Å². The molecule has 5 nitrogen and oxygen atoms in total. The van der Waals surface area contributed by atoms with Crippen molar-refractivity contribution in [3.63, 3.8) is 0 Å². The zero-order valence-electron chi connectivity index (χ0n) is 13.1. The topological polar surface area (TPSA) is 87.9 Å². The van der Waals surface area contributed by atoms with Crippen LogP contribution in [0, 0.1) is 17.1 Å². The van der Waals surface area contributed by atoms with Crippen LogP contribution in [-0.4, -0.2) is 4.98 Å².